The van der Waals surface area contributed by atoms with Crippen LogP contribution in [0.5, 0.6) is 5.75 Å². The second-order valence-electron chi connectivity index (χ2n) is 11.0. The quantitative estimate of drug-likeness (QED) is 0.0444. The summed E-state index contributed by atoms with van der Waals surface area (Å²) in [4.78, 5) is 42.2. The number of ether oxygens (including phenoxy) is 2. The van der Waals surface area contributed by atoms with Gasteiger partial charge in [0.25, 0.3) is 5.91 Å². The lowest BCUT2D eigenvalue weighted by Crippen LogP contribution is -2.39. The smallest absolute Gasteiger partial charge is 0.469 e. The maximum absolute atomic E-state index is 12.6. The Labute approximate surface area is 267 Å². The van der Waals surface area contributed by atoms with Crippen molar-refractivity contribution in [1.82, 2.24) is 5.32 Å². The van der Waals surface area contributed by atoms with Gasteiger partial charge >= 0.3 is 13.8 Å². The fourth-order valence-corrected chi connectivity index (χ4v) is 4.75. The van der Waals surface area contributed by atoms with Crippen LogP contribution < -0.4 is 10.1 Å². The highest BCUT2D eigenvalue weighted by atomic mass is 31.2. The van der Waals surface area contributed by atoms with Gasteiger partial charge in [-0.25, -0.2) is 9.36 Å². The van der Waals surface area contributed by atoms with Gasteiger partial charge in [0.15, 0.2) is 0 Å². The van der Waals surface area contributed by atoms with Crippen molar-refractivity contribution in [2.24, 2.45) is 10.2 Å². The number of benzene rings is 2. The number of hydrogen-bond donors (Lipinski definition) is 3. The molecule has 0 fully saturated rings. The first-order valence-corrected chi connectivity index (χ1v) is 17.6. The molecule has 0 aromatic heterocycles. The molecule has 2 aromatic carbocycles. The largest absolute Gasteiger partial charge is 0.494 e. The van der Waals surface area contributed by atoms with E-state index >= 15 is 0 Å². The number of amides is 1. The molecular weight excluding hydrogens is 597 g/mol. The predicted molar refractivity (Wildman–Crippen MR) is 174 cm³/mol. The molecule has 45 heavy (non-hydrogen) atoms. The summed E-state index contributed by atoms with van der Waals surface area (Å²) in [5, 5.41) is 11.1. The third-order valence-corrected chi connectivity index (χ3v) is 7.53. The van der Waals surface area contributed by atoms with Crippen molar-refractivity contribution in [3.8, 4) is 5.75 Å². The number of rotatable bonds is 24. The number of carbonyl (C=O) groups excluding carboxylic acids is 2. The topological polar surface area (TPSA) is 156 Å². The molecular formula is C33H50N3O8P. The zero-order chi connectivity index (χ0) is 32.8. The van der Waals surface area contributed by atoms with Gasteiger partial charge in [-0.15, -0.1) is 0 Å². The van der Waals surface area contributed by atoms with Gasteiger partial charge in [-0.2, -0.15) is 10.2 Å². The molecule has 2 rings (SSSR count). The van der Waals surface area contributed by atoms with Crippen LogP contribution in [-0.4, -0.2) is 47.5 Å². The van der Waals surface area contributed by atoms with Crippen molar-refractivity contribution in [2.75, 3.05) is 19.8 Å². The molecule has 0 radical (unpaired) electrons. The SMILES string of the molecule is CCCCCCCCCCCCOC(=O)[C@H](C)NC(=O)c1ccc(N=Nc2ccc(OCCCCCOP(=O)(O)O)cc2)cc1. The third kappa shape index (κ3) is 18.5. The average Bonchev–Trinajstić information content (AvgIpc) is 3.02. The zero-order valence-electron chi connectivity index (χ0n) is 26.7. The van der Waals surface area contributed by atoms with Crippen LogP contribution >= 0.6 is 7.82 Å². The van der Waals surface area contributed by atoms with E-state index in [9.17, 15) is 14.2 Å². The predicted octanol–water partition coefficient (Wildman–Crippen LogP) is 8.34. The van der Waals surface area contributed by atoms with E-state index < -0.39 is 19.8 Å². The molecule has 250 valence electrons. The van der Waals surface area contributed by atoms with Crippen molar-refractivity contribution in [1.29, 1.82) is 0 Å². The molecule has 0 bridgehead atoms. The van der Waals surface area contributed by atoms with E-state index in [1.54, 1.807) is 55.5 Å². The van der Waals surface area contributed by atoms with Crippen molar-refractivity contribution in [3.63, 3.8) is 0 Å². The van der Waals surface area contributed by atoms with Crippen molar-refractivity contribution in [3.05, 3.63) is 54.1 Å². The standard InChI is InChI=1S/C33H50N3O8P/c1-3-4-5-6-7-8-9-10-11-13-25-43-33(38)27(2)34-32(37)28-16-18-29(19-17-28)35-36-30-20-22-31(23-21-30)42-24-14-12-15-26-44-45(39,40)41/h16-23,27H,3-15,24-26H2,1-2H3,(H,34,37)(H2,39,40,41)/t27-/m0/s1. The maximum Gasteiger partial charge on any atom is 0.469 e. The Morgan fingerprint density at radius 2 is 1.22 bits per heavy atom. The summed E-state index contributed by atoms with van der Waals surface area (Å²) in [7, 11) is -4.40. The number of carbonyl (C=O) groups is 2. The van der Waals surface area contributed by atoms with Crippen LogP contribution in [0.2, 0.25) is 0 Å². The van der Waals surface area contributed by atoms with E-state index in [0.29, 0.717) is 42.3 Å². The number of phosphoric ester groups is 1. The normalized spacial score (nSPS) is 12.3. The van der Waals surface area contributed by atoms with E-state index in [0.717, 1.165) is 32.1 Å². The van der Waals surface area contributed by atoms with Gasteiger partial charge in [0.05, 0.1) is 31.2 Å². The number of phosphoric acid groups is 1. The first kappa shape index (κ1) is 38.1. The molecule has 11 nitrogen and oxygen atoms in total. The van der Waals surface area contributed by atoms with Gasteiger partial charge < -0.3 is 24.6 Å². The van der Waals surface area contributed by atoms with Gasteiger partial charge in [-0.1, -0.05) is 64.7 Å². The molecule has 0 spiro atoms. The minimum atomic E-state index is -4.40. The highest BCUT2D eigenvalue weighted by Gasteiger charge is 2.18. The molecule has 12 heteroatoms. The molecule has 0 saturated heterocycles. The van der Waals surface area contributed by atoms with Crippen LogP contribution in [0.1, 0.15) is 108 Å². The molecule has 0 unspecified atom stereocenters. The van der Waals surface area contributed by atoms with E-state index in [-0.39, 0.29) is 12.5 Å². The number of hydrogen-bond acceptors (Lipinski definition) is 8. The van der Waals surface area contributed by atoms with E-state index in [2.05, 4.69) is 27.0 Å². The average molecular weight is 648 g/mol. The molecule has 0 aliphatic rings. The summed E-state index contributed by atoms with van der Waals surface area (Å²) in [5.41, 5.74) is 1.60. The second-order valence-corrected chi connectivity index (χ2v) is 12.3. The minimum absolute atomic E-state index is 0.00901. The van der Waals surface area contributed by atoms with Gasteiger partial charge in [-0.05, 0) is 81.1 Å². The summed E-state index contributed by atoms with van der Waals surface area (Å²) in [6, 6.07) is 13.0. The zero-order valence-corrected chi connectivity index (χ0v) is 27.6. The molecule has 0 aliphatic carbocycles. The Morgan fingerprint density at radius 3 is 1.80 bits per heavy atom. The Hall–Kier alpha value is -3.11. The fraction of sp³-hybridized carbons (Fsp3) is 0.576. The molecule has 1 atom stereocenters. The van der Waals surface area contributed by atoms with Crippen LogP contribution in [0.25, 0.3) is 0 Å². The van der Waals surface area contributed by atoms with Gasteiger partial charge in [0, 0.05) is 5.56 Å². The number of unbranched alkanes of at least 4 members (excludes halogenated alkanes) is 11. The van der Waals surface area contributed by atoms with E-state index in [1.807, 2.05) is 0 Å². The van der Waals surface area contributed by atoms with Crippen LogP contribution in [-0.2, 0) is 18.6 Å². The van der Waals surface area contributed by atoms with Crippen molar-refractivity contribution >= 4 is 31.1 Å². The van der Waals surface area contributed by atoms with Gasteiger partial charge in [-0.3, -0.25) is 9.32 Å². The first-order valence-electron chi connectivity index (χ1n) is 16.1. The van der Waals surface area contributed by atoms with Crippen molar-refractivity contribution in [2.45, 2.75) is 103 Å². The van der Waals surface area contributed by atoms with E-state index in [1.165, 1.54) is 44.9 Å². The van der Waals surface area contributed by atoms with Crippen LogP contribution in [0.4, 0.5) is 11.4 Å². The summed E-state index contributed by atoms with van der Waals surface area (Å²) in [6.45, 7) is 4.69. The molecule has 0 heterocycles. The monoisotopic (exact) mass is 647 g/mol. The summed E-state index contributed by atoms with van der Waals surface area (Å²) in [5.74, 6) is -0.132. The van der Waals surface area contributed by atoms with E-state index in [4.69, 9.17) is 19.3 Å². The second kappa shape index (κ2) is 22.4. The number of nitrogens with one attached hydrogen (secondary N) is 1. The van der Waals surface area contributed by atoms with Crippen LogP contribution in [0, 0.1) is 0 Å². The highest BCUT2D eigenvalue weighted by Crippen LogP contribution is 2.35. The summed E-state index contributed by atoms with van der Waals surface area (Å²) in [6.07, 6.45) is 14.1. The number of azo groups is 1. The Bertz CT molecular complexity index is 1190. The summed E-state index contributed by atoms with van der Waals surface area (Å²) >= 11 is 0. The molecule has 2 aromatic rings. The van der Waals surface area contributed by atoms with Gasteiger partial charge in [0.1, 0.15) is 11.8 Å². The number of nitrogens with zero attached hydrogens (tertiary/aromatic N) is 2. The Kier molecular flexibility index (Phi) is 19.0. The van der Waals surface area contributed by atoms with Gasteiger partial charge in [0.2, 0.25) is 0 Å². The lowest BCUT2D eigenvalue weighted by atomic mass is 10.1. The summed E-state index contributed by atoms with van der Waals surface area (Å²) < 4.78 is 26.0. The highest BCUT2D eigenvalue weighted by molar-refractivity contribution is 7.46. The number of esters is 1. The molecule has 0 saturated carbocycles. The molecule has 0 aliphatic heterocycles. The minimum Gasteiger partial charge on any atom is -0.494 e. The molecule has 3 N–H and O–H groups in total. The maximum atomic E-state index is 12.6. The van der Waals surface area contributed by atoms with Crippen LogP contribution in [0.3, 0.4) is 0 Å². The van der Waals surface area contributed by atoms with Crippen molar-refractivity contribution < 1.29 is 37.9 Å². The Morgan fingerprint density at radius 1 is 0.733 bits per heavy atom. The molecule has 1 amide bonds. The van der Waals surface area contributed by atoms with Crippen LogP contribution in [0.15, 0.2) is 58.8 Å². The Balaban J connectivity index is 1.62. The fourth-order valence-electron chi connectivity index (χ4n) is 4.38. The lowest BCUT2D eigenvalue weighted by Gasteiger charge is -2.13. The first-order chi connectivity index (χ1) is 21.7. The lowest BCUT2D eigenvalue weighted by molar-refractivity contribution is -0.145. The third-order valence-electron chi connectivity index (χ3n) is 7.01.